The van der Waals surface area contributed by atoms with Crippen molar-refractivity contribution in [3.05, 3.63) is 65.2 Å². The lowest BCUT2D eigenvalue weighted by molar-refractivity contribution is -0.119. The second-order valence-corrected chi connectivity index (χ2v) is 5.33. The van der Waals surface area contributed by atoms with Crippen LogP contribution in [0, 0.1) is 17.2 Å². The highest BCUT2D eigenvalue weighted by atomic mass is 35.5. The summed E-state index contributed by atoms with van der Waals surface area (Å²) in [7, 11) is 0. The van der Waals surface area contributed by atoms with Gasteiger partial charge in [-0.2, -0.15) is 15.4 Å². The standard InChI is InChI=1S/C17H12ClN3O/c18-13-6-8-14(9-7-13)21-17(22)15(10-11-19)16(20-21)12-4-2-1-3-5-12/h1-9,15H,10H2. The van der Waals surface area contributed by atoms with Crippen LogP contribution in [0.5, 0.6) is 0 Å². The number of carbonyl (C=O) groups excluding carboxylic acids is 1. The highest BCUT2D eigenvalue weighted by Crippen LogP contribution is 2.29. The van der Waals surface area contributed by atoms with E-state index in [9.17, 15) is 4.79 Å². The van der Waals surface area contributed by atoms with Crippen molar-refractivity contribution in [2.45, 2.75) is 6.42 Å². The average Bonchev–Trinajstić information content (AvgIpc) is 2.87. The topological polar surface area (TPSA) is 56.5 Å². The Labute approximate surface area is 133 Å². The average molecular weight is 310 g/mol. The number of amides is 1. The van der Waals surface area contributed by atoms with Crippen LogP contribution in [-0.4, -0.2) is 11.6 Å². The molecule has 0 bridgehead atoms. The molecular weight excluding hydrogens is 298 g/mol. The lowest BCUT2D eigenvalue weighted by atomic mass is 9.94. The lowest BCUT2D eigenvalue weighted by Crippen LogP contribution is -2.27. The molecule has 5 heteroatoms. The molecule has 0 saturated carbocycles. The zero-order chi connectivity index (χ0) is 15.5. The van der Waals surface area contributed by atoms with Crippen molar-refractivity contribution in [3.8, 4) is 6.07 Å². The van der Waals surface area contributed by atoms with E-state index in [1.165, 1.54) is 5.01 Å². The molecule has 1 aliphatic heterocycles. The SMILES string of the molecule is N#CCC1C(=O)N(c2ccc(Cl)cc2)N=C1c1ccccc1. The van der Waals surface area contributed by atoms with Crippen LogP contribution in [-0.2, 0) is 4.79 Å². The zero-order valence-corrected chi connectivity index (χ0v) is 12.4. The Morgan fingerprint density at radius 2 is 1.82 bits per heavy atom. The molecule has 0 aromatic heterocycles. The van der Waals surface area contributed by atoms with Gasteiger partial charge in [-0.15, -0.1) is 0 Å². The number of carbonyl (C=O) groups is 1. The van der Waals surface area contributed by atoms with Gasteiger partial charge >= 0.3 is 0 Å². The van der Waals surface area contributed by atoms with Crippen LogP contribution < -0.4 is 5.01 Å². The number of nitrogens with zero attached hydrogens (tertiary/aromatic N) is 3. The van der Waals surface area contributed by atoms with Crippen molar-refractivity contribution in [1.82, 2.24) is 0 Å². The number of rotatable bonds is 3. The van der Waals surface area contributed by atoms with E-state index in [-0.39, 0.29) is 12.3 Å². The van der Waals surface area contributed by atoms with Gasteiger partial charge in [0.1, 0.15) is 0 Å². The molecule has 0 N–H and O–H groups in total. The minimum Gasteiger partial charge on any atom is -0.272 e. The summed E-state index contributed by atoms with van der Waals surface area (Å²) in [5.74, 6) is -0.731. The molecule has 1 amide bonds. The fraction of sp³-hybridized carbons (Fsp3) is 0.118. The van der Waals surface area contributed by atoms with Crippen LogP contribution in [0.25, 0.3) is 0 Å². The second-order valence-electron chi connectivity index (χ2n) is 4.89. The number of nitriles is 1. The molecule has 0 spiro atoms. The van der Waals surface area contributed by atoms with Gasteiger partial charge in [-0.25, -0.2) is 0 Å². The highest BCUT2D eigenvalue weighted by molar-refractivity contribution is 6.30. The van der Waals surface area contributed by atoms with E-state index in [1.807, 2.05) is 30.3 Å². The minimum absolute atomic E-state index is 0.108. The minimum atomic E-state index is -0.539. The summed E-state index contributed by atoms with van der Waals surface area (Å²) >= 11 is 5.88. The maximum Gasteiger partial charge on any atom is 0.257 e. The van der Waals surface area contributed by atoms with E-state index in [0.717, 1.165) is 5.56 Å². The van der Waals surface area contributed by atoms with Gasteiger partial charge in [0.05, 0.1) is 29.8 Å². The molecular formula is C17H12ClN3O. The third-order valence-electron chi connectivity index (χ3n) is 3.48. The van der Waals surface area contributed by atoms with Crippen molar-refractivity contribution in [1.29, 1.82) is 5.26 Å². The predicted molar refractivity (Wildman–Crippen MR) is 85.6 cm³/mol. The molecule has 0 saturated heterocycles. The molecule has 108 valence electrons. The number of hydrogen-bond acceptors (Lipinski definition) is 3. The maximum absolute atomic E-state index is 12.6. The van der Waals surface area contributed by atoms with Gasteiger partial charge in [0.25, 0.3) is 5.91 Å². The van der Waals surface area contributed by atoms with Crippen LogP contribution in [0.4, 0.5) is 5.69 Å². The van der Waals surface area contributed by atoms with Crippen LogP contribution >= 0.6 is 11.6 Å². The summed E-state index contributed by atoms with van der Waals surface area (Å²) < 4.78 is 0. The van der Waals surface area contributed by atoms with E-state index >= 15 is 0 Å². The zero-order valence-electron chi connectivity index (χ0n) is 11.6. The molecule has 22 heavy (non-hydrogen) atoms. The van der Waals surface area contributed by atoms with Crippen LogP contribution in [0.1, 0.15) is 12.0 Å². The summed E-state index contributed by atoms with van der Waals surface area (Å²) in [5, 5.41) is 15.4. The van der Waals surface area contributed by atoms with Gasteiger partial charge in [-0.1, -0.05) is 41.9 Å². The van der Waals surface area contributed by atoms with Gasteiger partial charge in [-0.3, -0.25) is 4.79 Å². The molecule has 0 radical (unpaired) electrons. The third-order valence-corrected chi connectivity index (χ3v) is 3.73. The Kier molecular flexibility index (Phi) is 3.90. The van der Waals surface area contributed by atoms with Crippen molar-refractivity contribution in [2.24, 2.45) is 11.0 Å². The van der Waals surface area contributed by atoms with Crippen molar-refractivity contribution in [3.63, 3.8) is 0 Å². The highest BCUT2D eigenvalue weighted by Gasteiger charge is 2.37. The van der Waals surface area contributed by atoms with Gasteiger partial charge in [0.2, 0.25) is 0 Å². The van der Waals surface area contributed by atoms with Gasteiger partial charge in [0, 0.05) is 5.02 Å². The summed E-state index contributed by atoms with van der Waals surface area (Å²) in [5.41, 5.74) is 2.12. The predicted octanol–water partition coefficient (Wildman–Crippen LogP) is 3.62. The monoisotopic (exact) mass is 309 g/mol. The van der Waals surface area contributed by atoms with E-state index in [2.05, 4.69) is 11.2 Å². The van der Waals surface area contributed by atoms with Crippen molar-refractivity contribution in [2.75, 3.05) is 5.01 Å². The number of halogens is 1. The quantitative estimate of drug-likeness (QED) is 0.869. The third kappa shape index (κ3) is 2.59. The first-order valence-corrected chi connectivity index (χ1v) is 7.19. The first-order chi connectivity index (χ1) is 10.7. The van der Waals surface area contributed by atoms with Gasteiger partial charge in [-0.05, 0) is 29.8 Å². The Morgan fingerprint density at radius 3 is 2.45 bits per heavy atom. The number of hydrogen-bond donors (Lipinski definition) is 0. The molecule has 2 aromatic carbocycles. The maximum atomic E-state index is 12.6. The van der Waals surface area contributed by atoms with E-state index in [0.29, 0.717) is 16.4 Å². The summed E-state index contributed by atoms with van der Waals surface area (Å²) in [4.78, 5) is 12.6. The normalized spacial score (nSPS) is 17.3. The smallest absolute Gasteiger partial charge is 0.257 e. The van der Waals surface area contributed by atoms with Crippen LogP contribution in [0.3, 0.4) is 0 Å². The Bertz CT molecular complexity index is 763. The lowest BCUT2D eigenvalue weighted by Gasteiger charge is -2.13. The van der Waals surface area contributed by atoms with Crippen molar-refractivity contribution < 1.29 is 4.79 Å². The Hall–Kier alpha value is -2.64. The summed E-state index contributed by atoms with van der Waals surface area (Å²) in [6.07, 6.45) is 0.108. The number of hydrazone groups is 1. The molecule has 1 aliphatic rings. The van der Waals surface area contributed by atoms with E-state index < -0.39 is 5.92 Å². The molecule has 4 nitrogen and oxygen atoms in total. The molecule has 2 aromatic rings. The first kappa shape index (κ1) is 14.3. The van der Waals surface area contributed by atoms with E-state index in [1.54, 1.807) is 24.3 Å². The molecule has 3 rings (SSSR count). The number of anilines is 1. The summed E-state index contributed by atoms with van der Waals surface area (Å²) in [6, 6.07) is 18.4. The molecule has 0 fully saturated rings. The fourth-order valence-corrected chi connectivity index (χ4v) is 2.53. The molecule has 1 heterocycles. The van der Waals surface area contributed by atoms with Crippen molar-refractivity contribution >= 4 is 28.9 Å². The molecule has 1 unspecified atom stereocenters. The fourth-order valence-electron chi connectivity index (χ4n) is 2.40. The van der Waals surface area contributed by atoms with Crippen LogP contribution in [0.15, 0.2) is 59.7 Å². The number of benzene rings is 2. The Morgan fingerprint density at radius 1 is 1.14 bits per heavy atom. The molecule has 1 atom stereocenters. The largest absolute Gasteiger partial charge is 0.272 e. The van der Waals surface area contributed by atoms with Crippen LogP contribution in [0.2, 0.25) is 5.02 Å². The van der Waals surface area contributed by atoms with Gasteiger partial charge < -0.3 is 0 Å². The Balaban J connectivity index is 2.02. The molecule has 0 aliphatic carbocycles. The van der Waals surface area contributed by atoms with Gasteiger partial charge in [0.15, 0.2) is 0 Å². The van der Waals surface area contributed by atoms with E-state index in [4.69, 9.17) is 16.9 Å². The second kappa shape index (κ2) is 6.00. The first-order valence-electron chi connectivity index (χ1n) is 6.81. The summed E-state index contributed by atoms with van der Waals surface area (Å²) in [6.45, 7) is 0.